The minimum Gasteiger partial charge on any atom is -0.432 e. The number of nitrogen functional groups attached to an aromatic ring is 1. The Balaban J connectivity index is 2.27. The van der Waals surface area contributed by atoms with Crippen LogP contribution in [0.25, 0.3) is 22.7 Å². The zero-order valence-corrected chi connectivity index (χ0v) is 9.65. The fraction of sp³-hybridized carbons (Fsp3) is 0. The lowest BCUT2D eigenvalue weighted by molar-refractivity contribution is 0.617. The van der Waals surface area contributed by atoms with Gasteiger partial charge in [-0.25, -0.2) is 4.98 Å². The molecule has 3 rings (SSSR count). The Morgan fingerprint density at radius 2 is 2.25 bits per heavy atom. The molecular weight excluding hydrogens is 272 g/mol. The van der Waals surface area contributed by atoms with Crippen molar-refractivity contribution in [3.63, 3.8) is 0 Å². The maximum absolute atomic E-state index is 5.83. The van der Waals surface area contributed by atoms with Crippen LogP contribution in [0.1, 0.15) is 0 Å². The van der Waals surface area contributed by atoms with Gasteiger partial charge in [0.2, 0.25) is 5.89 Å². The number of nitrogens with zero attached hydrogens (tertiary/aromatic N) is 2. The lowest BCUT2D eigenvalue weighted by Gasteiger charge is -1.93. The molecule has 0 saturated carbocycles. The van der Waals surface area contributed by atoms with Gasteiger partial charge in [-0.1, -0.05) is 15.9 Å². The highest BCUT2D eigenvalue weighted by atomic mass is 79.9. The molecule has 0 unspecified atom stereocenters. The molecule has 3 aromatic rings. The Kier molecular flexibility index (Phi) is 1.97. The Labute approximate surface area is 98.8 Å². The molecule has 0 fully saturated rings. The van der Waals surface area contributed by atoms with Crippen molar-refractivity contribution in [2.45, 2.75) is 0 Å². The number of nitrogens with two attached hydrogens (primary N) is 1. The molecule has 0 spiro atoms. The summed E-state index contributed by atoms with van der Waals surface area (Å²) in [6.07, 6.45) is 1.64. The summed E-state index contributed by atoms with van der Waals surface area (Å²) in [4.78, 5) is 4.33. The smallest absolute Gasteiger partial charge is 0.245 e. The van der Waals surface area contributed by atoms with Gasteiger partial charge in [0.15, 0.2) is 5.58 Å². The normalized spacial score (nSPS) is 11.1. The van der Waals surface area contributed by atoms with Gasteiger partial charge in [-0.3, -0.25) is 5.10 Å². The molecule has 6 heteroatoms. The molecule has 16 heavy (non-hydrogen) atoms. The van der Waals surface area contributed by atoms with Crippen LogP contribution in [0.5, 0.6) is 0 Å². The van der Waals surface area contributed by atoms with E-state index in [0.29, 0.717) is 17.2 Å². The topological polar surface area (TPSA) is 80.7 Å². The number of anilines is 1. The minimum atomic E-state index is 0.484. The van der Waals surface area contributed by atoms with Crippen molar-refractivity contribution in [1.82, 2.24) is 15.2 Å². The van der Waals surface area contributed by atoms with Gasteiger partial charge in [-0.15, -0.1) is 0 Å². The predicted octanol–water partition coefficient (Wildman–Crippen LogP) is 2.56. The summed E-state index contributed by atoms with van der Waals surface area (Å²) in [5.74, 6) is 0.484. The van der Waals surface area contributed by atoms with E-state index in [1.807, 2.05) is 6.07 Å². The Bertz CT molecular complexity index is 644. The SMILES string of the molecule is Nc1cc(Br)cc2nc(-c3ccn[nH]3)oc12. The van der Waals surface area contributed by atoms with Gasteiger partial charge in [-0.2, -0.15) is 5.10 Å². The summed E-state index contributed by atoms with van der Waals surface area (Å²) in [6.45, 7) is 0. The molecular formula is C10H7BrN4O. The molecule has 0 aliphatic heterocycles. The van der Waals surface area contributed by atoms with Crippen molar-refractivity contribution in [3.8, 4) is 11.6 Å². The van der Waals surface area contributed by atoms with Crippen molar-refractivity contribution >= 4 is 32.7 Å². The first-order chi connectivity index (χ1) is 7.74. The molecule has 2 aromatic heterocycles. The molecule has 2 heterocycles. The highest BCUT2D eigenvalue weighted by molar-refractivity contribution is 9.10. The highest BCUT2D eigenvalue weighted by Crippen LogP contribution is 2.29. The minimum absolute atomic E-state index is 0.484. The van der Waals surface area contributed by atoms with Crippen molar-refractivity contribution in [2.75, 3.05) is 5.73 Å². The van der Waals surface area contributed by atoms with Gasteiger partial charge >= 0.3 is 0 Å². The number of rotatable bonds is 1. The first kappa shape index (κ1) is 9.41. The first-order valence-corrected chi connectivity index (χ1v) is 5.38. The molecule has 0 aliphatic carbocycles. The van der Waals surface area contributed by atoms with Crippen LogP contribution in [0.4, 0.5) is 5.69 Å². The second-order valence-corrected chi connectivity index (χ2v) is 4.25. The number of hydrogen-bond acceptors (Lipinski definition) is 4. The van der Waals surface area contributed by atoms with Crippen molar-refractivity contribution in [3.05, 3.63) is 28.9 Å². The lowest BCUT2D eigenvalue weighted by atomic mass is 10.3. The van der Waals surface area contributed by atoms with Crippen LogP contribution >= 0.6 is 15.9 Å². The number of aromatic nitrogens is 3. The second kappa shape index (κ2) is 3.34. The fourth-order valence-corrected chi connectivity index (χ4v) is 1.98. The highest BCUT2D eigenvalue weighted by Gasteiger charge is 2.11. The van der Waals surface area contributed by atoms with Crippen LogP contribution in [0.2, 0.25) is 0 Å². The summed E-state index contributed by atoms with van der Waals surface area (Å²) < 4.78 is 6.45. The van der Waals surface area contributed by atoms with E-state index in [9.17, 15) is 0 Å². The van der Waals surface area contributed by atoms with Crippen LogP contribution in [-0.2, 0) is 0 Å². The average molecular weight is 279 g/mol. The first-order valence-electron chi connectivity index (χ1n) is 4.59. The third-order valence-corrected chi connectivity index (χ3v) is 2.67. The molecule has 0 radical (unpaired) electrons. The van der Waals surface area contributed by atoms with Gasteiger partial charge in [0, 0.05) is 10.7 Å². The number of oxazole rings is 1. The summed E-state index contributed by atoms with van der Waals surface area (Å²) in [5.41, 5.74) is 8.43. The van der Waals surface area contributed by atoms with Gasteiger partial charge in [0.1, 0.15) is 11.2 Å². The van der Waals surface area contributed by atoms with Crippen LogP contribution < -0.4 is 5.73 Å². The van der Waals surface area contributed by atoms with Gasteiger partial charge in [0.25, 0.3) is 0 Å². The zero-order valence-electron chi connectivity index (χ0n) is 8.07. The number of aromatic amines is 1. The summed E-state index contributed by atoms with van der Waals surface area (Å²) in [6, 6.07) is 5.43. The van der Waals surface area contributed by atoms with Crippen molar-refractivity contribution in [1.29, 1.82) is 0 Å². The largest absolute Gasteiger partial charge is 0.432 e. The van der Waals surface area contributed by atoms with Crippen molar-refractivity contribution in [2.24, 2.45) is 0 Å². The molecule has 0 atom stereocenters. The van der Waals surface area contributed by atoms with E-state index < -0.39 is 0 Å². The van der Waals surface area contributed by atoms with E-state index in [-0.39, 0.29) is 0 Å². The Hall–Kier alpha value is -1.82. The lowest BCUT2D eigenvalue weighted by Crippen LogP contribution is -1.84. The summed E-state index contributed by atoms with van der Waals surface area (Å²) in [7, 11) is 0. The van der Waals surface area contributed by atoms with E-state index in [2.05, 4.69) is 31.1 Å². The van der Waals surface area contributed by atoms with E-state index in [4.69, 9.17) is 10.2 Å². The van der Waals surface area contributed by atoms with Crippen LogP contribution in [0.3, 0.4) is 0 Å². The average Bonchev–Trinajstić information content (AvgIpc) is 2.82. The third-order valence-electron chi connectivity index (χ3n) is 2.21. The molecule has 5 nitrogen and oxygen atoms in total. The monoisotopic (exact) mass is 278 g/mol. The molecule has 0 bridgehead atoms. The van der Waals surface area contributed by atoms with E-state index in [1.54, 1.807) is 18.3 Å². The second-order valence-electron chi connectivity index (χ2n) is 3.33. The zero-order chi connectivity index (χ0) is 11.1. The van der Waals surface area contributed by atoms with Crippen LogP contribution in [0.15, 0.2) is 33.3 Å². The molecule has 1 aromatic carbocycles. The Morgan fingerprint density at radius 3 is 3.00 bits per heavy atom. The van der Waals surface area contributed by atoms with Crippen LogP contribution in [-0.4, -0.2) is 15.2 Å². The van der Waals surface area contributed by atoms with Gasteiger partial charge < -0.3 is 10.2 Å². The number of hydrogen-bond donors (Lipinski definition) is 2. The van der Waals surface area contributed by atoms with Gasteiger partial charge in [-0.05, 0) is 18.2 Å². The number of benzene rings is 1. The Morgan fingerprint density at radius 1 is 1.38 bits per heavy atom. The molecule has 0 saturated heterocycles. The quantitative estimate of drug-likeness (QED) is 0.671. The van der Waals surface area contributed by atoms with E-state index >= 15 is 0 Å². The third kappa shape index (κ3) is 1.38. The molecule has 80 valence electrons. The predicted molar refractivity (Wildman–Crippen MR) is 63.7 cm³/mol. The van der Waals surface area contributed by atoms with Crippen LogP contribution in [0, 0.1) is 0 Å². The molecule has 3 N–H and O–H groups in total. The fourth-order valence-electron chi connectivity index (χ4n) is 1.51. The number of halogens is 1. The van der Waals surface area contributed by atoms with E-state index in [1.165, 1.54) is 0 Å². The standard InChI is InChI=1S/C10H7BrN4O/c11-5-3-6(12)9-8(4-5)14-10(16-9)7-1-2-13-15-7/h1-4H,12H2,(H,13,15). The number of H-pyrrole nitrogens is 1. The molecule has 0 amide bonds. The summed E-state index contributed by atoms with van der Waals surface area (Å²) >= 11 is 3.36. The van der Waals surface area contributed by atoms with E-state index in [0.717, 1.165) is 15.7 Å². The maximum atomic E-state index is 5.83. The number of nitrogens with one attached hydrogen (secondary N) is 1. The van der Waals surface area contributed by atoms with Gasteiger partial charge in [0.05, 0.1) is 5.69 Å². The summed E-state index contributed by atoms with van der Waals surface area (Å²) in [5, 5.41) is 6.63. The number of fused-ring (bicyclic) bond motifs is 1. The van der Waals surface area contributed by atoms with Crippen molar-refractivity contribution < 1.29 is 4.42 Å². The maximum Gasteiger partial charge on any atom is 0.245 e. The molecule has 0 aliphatic rings.